The average molecular weight is 215 g/mol. The molecule has 1 aromatic heterocycles. The Morgan fingerprint density at radius 1 is 1.71 bits per heavy atom. The third-order valence-electron chi connectivity index (χ3n) is 2.26. The van der Waals surface area contributed by atoms with E-state index >= 15 is 0 Å². The van der Waals surface area contributed by atoms with Crippen LogP contribution in [0.5, 0.6) is 5.75 Å². The number of ether oxygens (including phenoxy) is 1. The molecule has 0 aliphatic heterocycles. The maximum atomic E-state index is 11.3. The Bertz CT molecular complexity index is 398. The average Bonchev–Trinajstić information content (AvgIpc) is 2.95. The zero-order valence-corrected chi connectivity index (χ0v) is 8.62. The van der Waals surface area contributed by atoms with Crippen LogP contribution in [0.2, 0.25) is 5.15 Å². The molecule has 0 amide bonds. The van der Waals surface area contributed by atoms with Gasteiger partial charge in [0.15, 0.2) is 5.75 Å². The van der Waals surface area contributed by atoms with Crippen molar-refractivity contribution in [2.75, 3.05) is 7.11 Å². The van der Waals surface area contributed by atoms with Crippen LogP contribution in [0, 0.1) is 5.92 Å². The summed E-state index contributed by atoms with van der Waals surface area (Å²) >= 11 is 5.68. The van der Waals surface area contributed by atoms with E-state index in [9.17, 15) is 4.79 Å². The van der Waals surface area contributed by atoms with Gasteiger partial charge in [-0.05, 0) is 18.8 Å². The SMILES string of the molecule is COc1cn(CC2CC2)nc(Cl)c1=O. The molecule has 14 heavy (non-hydrogen) atoms. The Morgan fingerprint density at radius 2 is 2.43 bits per heavy atom. The van der Waals surface area contributed by atoms with Crippen LogP contribution in [0.1, 0.15) is 12.8 Å². The fourth-order valence-electron chi connectivity index (χ4n) is 1.29. The van der Waals surface area contributed by atoms with Gasteiger partial charge in [0.25, 0.3) is 5.43 Å². The van der Waals surface area contributed by atoms with Crippen LogP contribution in [0.25, 0.3) is 0 Å². The Balaban J connectivity index is 2.31. The van der Waals surface area contributed by atoms with Gasteiger partial charge >= 0.3 is 0 Å². The summed E-state index contributed by atoms with van der Waals surface area (Å²) < 4.78 is 6.59. The molecule has 0 bridgehead atoms. The van der Waals surface area contributed by atoms with Gasteiger partial charge in [-0.2, -0.15) is 5.10 Å². The van der Waals surface area contributed by atoms with Gasteiger partial charge < -0.3 is 4.74 Å². The smallest absolute Gasteiger partial charge is 0.260 e. The Kier molecular flexibility index (Phi) is 2.46. The summed E-state index contributed by atoms with van der Waals surface area (Å²) in [6.07, 6.45) is 4.06. The lowest BCUT2D eigenvalue weighted by Gasteiger charge is -2.06. The molecule has 2 rings (SSSR count). The summed E-state index contributed by atoms with van der Waals surface area (Å²) in [6.45, 7) is 0.816. The lowest BCUT2D eigenvalue weighted by molar-refractivity contribution is 0.397. The van der Waals surface area contributed by atoms with Crippen molar-refractivity contribution >= 4 is 11.6 Å². The van der Waals surface area contributed by atoms with Crippen molar-refractivity contribution in [2.45, 2.75) is 19.4 Å². The molecule has 0 spiro atoms. The zero-order chi connectivity index (χ0) is 10.1. The molecule has 5 heteroatoms. The van der Waals surface area contributed by atoms with Gasteiger partial charge in [-0.3, -0.25) is 9.48 Å². The molecule has 76 valence electrons. The van der Waals surface area contributed by atoms with Crippen molar-refractivity contribution < 1.29 is 4.74 Å². The van der Waals surface area contributed by atoms with Gasteiger partial charge in [-0.25, -0.2) is 0 Å². The molecule has 0 N–H and O–H groups in total. The Hall–Kier alpha value is -1.03. The van der Waals surface area contributed by atoms with Crippen LogP contribution in [-0.4, -0.2) is 16.9 Å². The van der Waals surface area contributed by atoms with Gasteiger partial charge in [0.2, 0.25) is 5.15 Å². The fraction of sp³-hybridized carbons (Fsp3) is 0.556. The van der Waals surface area contributed by atoms with E-state index in [1.807, 2.05) is 0 Å². The highest BCUT2D eigenvalue weighted by Gasteiger charge is 2.22. The normalized spacial score (nSPS) is 15.6. The molecule has 1 aliphatic rings. The number of methoxy groups -OCH3 is 1. The van der Waals surface area contributed by atoms with Crippen molar-refractivity contribution in [3.05, 3.63) is 21.6 Å². The van der Waals surface area contributed by atoms with Crippen LogP contribution < -0.4 is 10.2 Å². The van der Waals surface area contributed by atoms with E-state index in [0.29, 0.717) is 5.92 Å². The van der Waals surface area contributed by atoms with Crippen LogP contribution in [0.15, 0.2) is 11.0 Å². The second kappa shape index (κ2) is 3.61. The molecule has 0 atom stereocenters. The summed E-state index contributed by atoms with van der Waals surface area (Å²) in [5.41, 5.74) is -0.346. The molecule has 1 saturated carbocycles. The molecule has 0 unspecified atom stereocenters. The van der Waals surface area contributed by atoms with E-state index in [1.165, 1.54) is 20.0 Å². The standard InChI is InChI=1S/C9H11ClN2O2/c1-14-7-5-12(4-6-2-3-6)11-9(10)8(7)13/h5-6H,2-4H2,1H3. The Morgan fingerprint density at radius 3 is 3.00 bits per heavy atom. The first kappa shape index (κ1) is 9.52. The molecule has 0 aromatic carbocycles. The first-order chi connectivity index (χ1) is 6.70. The first-order valence-corrected chi connectivity index (χ1v) is 4.89. The second-order valence-corrected chi connectivity index (χ2v) is 3.84. The van der Waals surface area contributed by atoms with Crippen LogP contribution in [0.3, 0.4) is 0 Å². The van der Waals surface area contributed by atoms with E-state index in [2.05, 4.69) is 5.10 Å². The van der Waals surface area contributed by atoms with Crippen LogP contribution >= 0.6 is 11.6 Å². The summed E-state index contributed by atoms with van der Waals surface area (Å²) in [7, 11) is 1.45. The van der Waals surface area contributed by atoms with E-state index in [-0.39, 0.29) is 16.3 Å². The van der Waals surface area contributed by atoms with Crippen molar-refractivity contribution in [1.29, 1.82) is 0 Å². The number of rotatable bonds is 3. The maximum Gasteiger partial charge on any atom is 0.260 e. The van der Waals surface area contributed by atoms with Crippen molar-refractivity contribution in [2.24, 2.45) is 5.92 Å². The number of hydrogen-bond acceptors (Lipinski definition) is 3. The highest BCUT2D eigenvalue weighted by molar-refractivity contribution is 6.29. The number of hydrogen-bond donors (Lipinski definition) is 0. The van der Waals surface area contributed by atoms with Crippen molar-refractivity contribution in [1.82, 2.24) is 9.78 Å². The third kappa shape index (κ3) is 1.90. The monoisotopic (exact) mass is 214 g/mol. The predicted octanol–water partition coefficient (Wildman–Crippen LogP) is 1.32. The van der Waals surface area contributed by atoms with E-state index < -0.39 is 0 Å². The van der Waals surface area contributed by atoms with Gasteiger partial charge in [0.1, 0.15) is 0 Å². The molecule has 1 aliphatic carbocycles. The summed E-state index contributed by atoms with van der Waals surface area (Å²) in [4.78, 5) is 11.3. The van der Waals surface area contributed by atoms with E-state index in [0.717, 1.165) is 6.54 Å². The molecular formula is C9H11ClN2O2. The second-order valence-electron chi connectivity index (χ2n) is 3.48. The number of aromatic nitrogens is 2. The molecule has 1 fully saturated rings. The molecule has 4 nitrogen and oxygen atoms in total. The minimum Gasteiger partial charge on any atom is -0.491 e. The van der Waals surface area contributed by atoms with Crippen molar-refractivity contribution in [3.8, 4) is 5.75 Å². The Labute approximate surface area is 86.4 Å². The third-order valence-corrected chi connectivity index (χ3v) is 2.50. The highest BCUT2D eigenvalue weighted by atomic mass is 35.5. The lowest BCUT2D eigenvalue weighted by atomic mass is 10.4. The van der Waals surface area contributed by atoms with Gasteiger partial charge in [-0.1, -0.05) is 11.6 Å². The largest absolute Gasteiger partial charge is 0.491 e. The van der Waals surface area contributed by atoms with E-state index in [1.54, 1.807) is 10.9 Å². The van der Waals surface area contributed by atoms with Crippen molar-refractivity contribution in [3.63, 3.8) is 0 Å². The summed E-state index contributed by atoms with van der Waals surface area (Å²) in [5.74, 6) is 0.941. The molecule has 1 heterocycles. The minimum absolute atomic E-state index is 0.0231. The maximum absolute atomic E-state index is 11.3. The van der Waals surface area contributed by atoms with Crippen LogP contribution in [0.4, 0.5) is 0 Å². The highest BCUT2D eigenvalue weighted by Crippen LogP contribution is 2.30. The first-order valence-electron chi connectivity index (χ1n) is 4.52. The van der Waals surface area contributed by atoms with Crippen LogP contribution in [-0.2, 0) is 6.54 Å². The zero-order valence-electron chi connectivity index (χ0n) is 7.86. The molecule has 1 aromatic rings. The fourth-order valence-corrected chi connectivity index (χ4v) is 1.48. The lowest BCUT2D eigenvalue weighted by Crippen LogP contribution is -2.15. The quantitative estimate of drug-likeness (QED) is 0.762. The molecular weight excluding hydrogens is 204 g/mol. The number of nitrogens with zero attached hydrogens (tertiary/aromatic N) is 2. The topological polar surface area (TPSA) is 44.1 Å². The van der Waals surface area contributed by atoms with Gasteiger partial charge in [0.05, 0.1) is 13.3 Å². The van der Waals surface area contributed by atoms with E-state index in [4.69, 9.17) is 16.3 Å². The summed E-state index contributed by atoms with van der Waals surface area (Å²) in [6, 6.07) is 0. The van der Waals surface area contributed by atoms with Gasteiger partial charge in [-0.15, -0.1) is 0 Å². The summed E-state index contributed by atoms with van der Waals surface area (Å²) in [5, 5.41) is 3.93. The molecule has 0 radical (unpaired) electrons. The molecule has 0 saturated heterocycles. The van der Waals surface area contributed by atoms with Gasteiger partial charge in [0, 0.05) is 6.54 Å². The minimum atomic E-state index is -0.346. The number of halogens is 1. The predicted molar refractivity (Wildman–Crippen MR) is 52.8 cm³/mol.